The number of fused-ring (bicyclic) bond motifs is 1. The fourth-order valence-electron chi connectivity index (χ4n) is 3.54. The molecule has 2 N–H and O–H groups in total. The second-order valence-electron chi connectivity index (χ2n) is 6.08. The molecule has 1 saturated heterocycles. The van der Waals surface area contributed by atoms with Gasteiger partial charge in [0.2, 0.25) is 0 Å². The first kappa shape index (κ1) is 14.1. The molecule has 7 heteroatoms. The summed E-state index contributed by atoms with van der Waals surface area (Å²) in [5.74, 6) is -0.107. The van der Waals surface area contributed by atoms with Gasteiger partial charge in [-0.25, -0.2) is 0 Å². The summed E-state index contributed by atoms with van der Waals surface area (Å²) in [4.78, 5) is 26.9. The summed E-state index contributed by atoms with van der Waals surface area (Å²) in [6.07, 6.45) is 5.70. The van der Waals surface area contributed by atoms with Crippen molar-refractivity contribution in [3.63, 3.8) is 0 Å². The molecule has 0 aromatic carbocycles. The molecule has 2 atom stereocenters. The molecule has 0 bridgehead atoms. The van der Waals surface area contributed by atoms with Gasteiger partial charge in [0.05, 0.1) is 16.7 Å². The zero-order chi connectivity index (χ0) is 15.0. The van der Waals surface area contributed by atoms with E-state index in [2.05, 4.69) is 4.98 Å². The fourth-order valence-corrected chi connectivity index (χ4v) is 3.54. The number of hydrogen-bond acceptors (Lipinski definition) is 4. The van der Waals surface area contributed by atoms with E-state index >= 15 is 0 Å². The number of aromatic amines is 1. The Hall–Kier alpha value is -1.89. The Morgan fingerprint density at radius 2 is 2.29 bits per heavy atom. The molecule has 1 aromatic heterocycles. The molecule has 1 amide bonds. The first-order valence-corrected chi connectivity index (χ1v) is 7.34. The minimum Gasteiger partial charge on any atom is -0.389 e. The van der Waals surface area contributed by atoms with Crippen LogP contribution in [0.5, 0.6) is 0 Å². The van der Waals surface area contributed by atoms with Crippen LogP contribution in [0.25, 0.3) is 0 Å². The van der Waals surface area contributed by atoms with Crippen molar-refractivity contribution in [1.82, 2.24) is 9.88 Å². The Bertz CT molecular complexity index is 570. The third-order valence-electron chi connectivity index (χ3n) is 4.82. The van der Waals surface area contributed by atoms with Crippen molar-refractivity contribution in [2.45, 2.75) is 37.7 Å². The van der Waals surface area contributed by atoms with Crippen molar-refractivity contribution >= 4 is 11.6 Å². The van der Waals surface area contributed by atoms with Gasteiger partial charge in [0.15, 0.2) is 0 Å². The highest BCUT2D eigenvalue weighted by molar-refractivity contribution is 5.93. The van der Waals surface area contributed by atoms with Crippen molar-refractivity contribution in [1.29, 1.82) is 0 Å². The summed E-state index contributed by atoms with van der Waals surface area (Å²) < 4.78 is 0. The number of aromatic nitrogens is 1. The molecule has 21 heavy (non-hydrogen) atoms. The molecule has 114 valence electrons. The van der Waals surface area contributed by atoms with Crippen molar-refractivity contribution in [2.24, 2.45) is 5.92 Å². The maximum absolute atomic E-state index is 12.4. The van der Waals surface area contributed by atoms with Crippen molar-refractivity contribution < 1.29 is 14.8 Å². The smallest absolute Gasteiger partial charge is 0.287 e. The van der Waals surface area contributed by atoms with Crippen LogP contribution >= 0.6 is 0 Å². The van der Waals surface area contributed by atoms with Crippen LogP contribution in [0.1, 0.15) is 42.6 Å². The molecule has 2 aliphatic rings. The Labute approximate surface area is 122 Å². The van der Waals surface area contributed by atoms with Gasteiger partial charge in [-0.15, -0.1) is 0 Å². The molecule has 3 rings (SSSR count). The normalized spacial score (nSPS) is 29.0. The molecule has 0 radical (unpaired) electrons. The van der Waals surface area contributed by atoms with Gasteiger partial charge in [-0.1, -0.05) is 12.8 Å². The zero-order valence-electron chi connectivity index (χ0n) is 11.7. The molecular formula is C14H19N3O4. The number of nitrogens with one attached hydrogen (secondary N) is 1. The molecule has 1 aliphatic carbocycles. The van der Waals surface area contributed by atoms with Crippen molar-refractivity contribution in [3.05, 3.63) is 28.1 Å². The van der Waals surface area contributed by atoms with E-state index in [4.69, 9.17) is 0 Å². The molecular weight excluding hydrogens is 274 g/mol. The van der Waals surface area contributed by atoms with Crippen LogP contribution in [0.3, 0.4) is 0 Å². The van der Waals surface area contributed by atoms with E-state index in [0.29, 0.717) is 19.5 Å². The highest BCUT2D eigenvalue weighted by Gasteiger charge is 2.44. The van der Waals surface area contributed by atoms with Gasteiger partial charge in [-0.3, -0.25) is 14.9 Å². The lowest BCUT2D eigenvalue weighted by Crippen LogP contribution is -2.54. The SMILES string of the molecule is O=C(c1cc([N+](=O)[O-])c[nH]1)N1CCC2(O)CCCCC2C1. The Balaban J connectivity index is 1.72. The average molecular weight is 293 g/mol. The number of carbonyl (C=O) groups excluding carboxylic acids is 1. The number of likely N-dealkylation sites (tertiary alicyclic amines) is 1. The molecule has 0 spiro atoms. The van der Waals surface area contributed by atoms with Crippen LogP contribution in [0.15, 0.2) is 12.3 Å². The number of piperidine rings is 1. The molecule has 7 nitrogen and oxygen atoms in total. The minimum absolute atomic E-state index is 0.107. The quantitative estimate of drug-likeness (QED) is 0.640. The summed E-state index contributed by atoms with van der Waals surface area (Å²) in [7, 11) is 0. The van der Waals surface area contributed by atoms with Gasteiger partial charge in [-0.05, 0) is 19.3 Å². The first-order chi connectivity index (χ1) is 9.99. The lowest BCUT2D eigenvalue weighted by atomic mass is 9.71. The number of H-pyrrole nitrogens is 1. The zero-order valence-corrected chi connectivity index (χ0v) is 11.7. The summed E-state index contributed by atoms with van der Waals surface area (Å²) >= 11 is 0. The van der Waals surface area contributed by atoms with Crippen LogP contribution in [-0.4, -0.2) is 44.5 Å². The Kier molecular flexibility index (Phi) is 3.44. The van der Waals surface area contributed by atoms with E-state index in [9.17, 15) is 20.0 Å². The van der Waals surface area contributed by atoms with E-state index in [1.165, 1.54) is 12.3 Å². The van der Waals surface area contributed by atoms with Crippen LogP contribution in [0, 0.1) is 16.0 Å². The molecule has 1 aromatic rings. The number of rotatable bonds is 2. The Morgan fingerprint density at radius 1 is 1.48 bits per heavy atom. The summed E-state index contributed by atoms with van der Waals surface area (Å²) in [6, 6.07) is 1.27. The van der Waals surface area contributed by atoms with Crippen LogP contribution < -0.4 is 0 Å². The first-order valence-electron chi connectivity index (χ1n) is 7.34. The Morgan fingerprint density at radius 3 is 3.00 bits per heavy atom. The van der Waals surface area contributed by atoms with Gasteiger partial charge in [0.1, 0.15) is 5.69 Å². The monoisotopic (exact) mass is 293 g/mol. The molecule has 1 saturated carbocycles. The summed E-state index contributed by atoms with van der Waals surface area (Å²) in [6.45, 7) is 1.03. The fraction of sp³-hybridized carbons (Fsp3) is 0.643. The maximum atomic E-state index is 12.4. The van der Waals surface area contributed by atoms with Gasteiger partial charge in [0.25, 0.3) is 11.6 Å². The van der Waals surface area contributed by atoms with Gasteiger partial charge >= 0.3 is 0 Å². The predicted molar refractivity (Wildman–Crippen MR) is 74.9 cm³/mol. The topological polar surface area (TPSA) is 99.5 Å². The summed E-state index contributed by atoms with van der Waals surface area (Å²) in [5.41, 5.74) is -0.496. The largest absolute Gasteiger partial charge is 0.389 e. The standard InChI is InChI=1S/C14H19N3O4/c18-13(12-7-11(8-15-12)17(20)21)16-6-5-14(19)4-2-1-3-10(14)9-16/h7-8,10,15,19H,1-6,9H2. The molecule has 2 heterocycles. The van der Waals surface area contributed by atoms with Gasteiger partial charge in [-0.2, -0.15) is 0 Å². The van der Waals surface area contributed by atoms with Crippen LogP contribution in [0.2, 0.25) is 0 Å². The third kappa shape index (κ3) is 2.53. The van der Waals surface area contributed by atoms with Crippen molar-refractivity contribution in [2.75, 3.05) is 13.1 Å². The highest BCUT2D eigenvalue weighted by atomic mass is 16.6. The number of aliphatic hydroxyl groups is 1. The van der Waals surface area contributed by atoms with E-state index in [1.54, 1.807) is 4.90 Å². The molecule has 1 aliphatic heterocycles. The average Bonchev–Trinajstić information content (AvgIpc) is 2.95. The van der Waals surface area contributed by atoms with Crippen LogP contribution in [-0.2, 0) is 0 Å². The number of nitrogens with zero attached hydrogens (tertiary/aromatic N) is 2. The van der Waals surface area contributed by atoms with Gasteiger partial charge in [0, 0.05) is 25.1 Å². The number of hydrogen-bond donors (Lipinski definition) is 2. The second kappa shape index (κ2) is 5.14. The molecule has 2 fully saturated rings. The summed E-state index contributed by atoms with van der Waals surface area (Å²) in [5, 5.41) is 21.3. The minimum atomic E-state index is -0.628. The van der Waals surface area contributed by atoms with E-state index < -0.39 is 10.5 Å². The predicted octanol–water partition coefficient (Wildman–Crippen LogP) is 1.69. The van der Waals surface area contributed by atoms with E-state index in [0.717, 1.165) is 25.7 Å². The highest BCUT2D eigenvalue weighted by Crippen LogP contribution is 2.40. The second-order valence-corrected chi connectivity index (χ2v) is 6.08. The van der Waals surface area contributed by atoms with E-state index in [1.807, 2.05) is 0 Å². The molecule has 2 unspecified atom stereocenters. The third-order valence-corrected chi connectivity index (χ3v) is 4.82. The lowest BCUT2D eigenvalue weighted by molar-refractivity contribution is -0.384. The van der Waals surface area contributed by atoms with Crippen molar-refractivity contribution in [3.8, 4) is 0 Å². The number of carbonyl (C=O) groups is 1. The lowest BCUT2D eigenvalue weighted by Gasteiger charge is -2.47. The number of nitro groups is 1. The van der Waals surface area contributed by atoms with Crippen LogP contribution in [0.4, 0.5) is 5.69 Å². The maximum Gasteiger partial charge on any atom is 0.287 e. The van der Waals surface area contributed by atoms with E-state index in [-0.39, 0.29) is 23.2 Å². The number of amides is 1. The van der Waals surface area contributed by atoms with Gasteiger partial charge < -0.3 is 15.0 Å².